The summed E-state index contributed by atoms with van der Waals surface area (Å²) < 4.78 is 11.6. The van der Waals surface area contributed by atoms with Gasteiger partial charge in [-0.25, -0.2) is 0 Å². The van der Waals surface area contributed by atoms with Crippen LogP contribution in [0.4, 0.5) is 5.82 Å². The summed E-state index contributed by atoms with van der Waals surface area (Å²) in [7, 11) is 3.89. The minimum absolute atomic E-state index is 0. The van der Waals surface area contributed by atoms with Crippen molar-refractivity contribution in [3.63, 3.8) is 0 Å². The normalized spacial score (nSPS) is 9.75. The number of nitrogens with zero attached hydrogens (tertiary/aromatic N) is 2. The van der Waals surface area contributed by atoms with Gasteiger partial charge in [-0.3, -0.25) is 0 Å². The lowest BCUT2D eigenvalue weighted by atomic mass is 10.3. The van der Waals surface area contributed by atoms with Gasteiger partial charge in [0.2, 0.25) is 5.88 Å². The van der Waals surface area contributed by atoms with E-state index in [0.29, 0.717) is 11.6 Å². The summed E-state index contributed by atoms with van der Waals surface area (Å²) in [5.74, 6) is 3.59. The molecule has 0 atom stereocenters. The molecule has 24 heavy (non-hydrogen) atoms. The van der Waals surface area contributed by atoms with Crippen LogP contribution in [0.3, 0.4) is 0 Å². The van der Waals surface area contributed by atoms with Crippen molar-refractivity contribution >= 4 is 18.2 Å². The van der Waals surface area contributed by atoms with Crippen molar-refractivity contribution in [1.29, 1.82) is 0 Å². The first-order valence-corrected chi connectivity index (χ1v) is 7.36. The molecule has 0 aliphatic heterocycles. The Morgan fingerprint density at radius 3 is 2.04 bits per heavy atom. The zero-order valence-electron chi connectivity index (χ0n) is 13.5. The minimum Gasteiger partial charge on any atom is -0.457 e. The lowest BCUT2D eigenvalue weighted by Crippen LogP contribution is -2.10. The highest BCUT2D eigenvalue weighted by Gasteiger charge is 2.04. The molecule has 1 heterocycles. The number of ether oxygens (including phenoxy) is 2. The van der Waals surface area contributed by atoms with Crippen LogP contribution in [0.5, 0.6) is 23.1 Å². The van der Waals surface area contributed by atoms with Crippen molar-refractivity contribution in [2.24, 2.45) is 0 Å². The van der Waals surface area contributed by atoms with E-state index in [-0.39, 0.29) is 12.4 Å². The highest BCUT2D eigenvalue weighted by atomic mass is 35.5. The molecule has 5 heteroatoms. The van der Waals surface area contributed by atoms with Gasteiger partial charge in [0.05, 0.1) is 0 Å². The maximum atomic E-state index is 5.83. The SMILES string of the molecule is CN(C)c1cccc(Oc2cccc(Oc3ccccc3)c2)n1.Cl. The van der Waals surface area contributed by atoms with E-state index < -0.39 is 0 Å². The lowest BCUT2D eigenvalue weighted by Gasteiger charge is -2.13. The van der Waals surface area contributed by atoms with Gasteiger partial charge in [0, 0.05) is 26.2 Å². The third-order valence-corrected chi connectivity index (χ3v) is 3.17. The molecular weight excluding hydrogens is 324 g/mol. The van der Waals surface area contributed by atoms with E-state index in [1.165, 1.54) is 0 Å². The van der Waals surface area contributed by atoms with Crippen molar-refractivity contribution in [2.75, 3.05) is 19.0 Å². The first kappa shape index (κ1) is 17.6. The number of anilines is 1. The van der Waals surface area contributed by atoms with E-state index in [0.717, 1.165) is 17.3 Å². The highest BCUT2D eigenvalue weighted by molar-refractivity contribution is 5.85. The summed E-state index contributed by atoms with van der Waals surface area (Å²) >= 11 is 0. The Labute approximate surface area is 148 Å². The zero-order chi connectivity index (χ0) is 16.1. The fourth-order valence-electron chi connectivity index (χ4n) is 2.06. The molecule has 3 aromatic rings. The molecule has 0 unspecified atom stereocenters. The van der Waals surface area contributed by atoms with E-state index in [4.69, 9.17) is 9.47 Å². The van der Waals surface area contributed by atoms with Crippen molar-refractivity contribution in [2.45, 2.75) is 0 Å². The van der Waals surface area contributed by atoms with Crippen LogP contribution in [-0.2, 0) is 0 Å². The molecule has 124 valence electrons. The van der Waals surface area contributed by atoms with Crippen LogP contribution in [0, 0.1) is 0 Å². The summed E-state index contributed by atoms with van der Waals surface area (Å²) in [5.41, 5.74) is 0. The Bertz CT molecular complexity index is 779. The van der Waals surface area contributed by atoms with Gasteiger partial charge >= 0.3 is 0 Å². The number of rotatable bonds is 5. The third kappa shape index (κ3) is 4.64. The van der Waals surface area contributed by atoms with Crippen molar-refractivity contribution in [3.8, 4) is 23.1 Å². The van der Waals surface area contributed by atoms with Gasteiger partial charge in [-0.1, -0.05) is 30.3 Å². The van der Waals surface area contributed by atoms with Crippen LogP contribution in [0.15, 0.2) is 72.8 Å². The van der Waals surface area contributed by atoms with Gasteiger partial charge < -0.3 is 14.4 Å². The van der Waals surface area contributed by atoms with Crippen LogP contribution in [0.1, 0.15) is 0 Å². The van der Waals surface area contributed by atoms with Gasteiger partial charge in [0.1, 0.15) is 23.1 Å². The van der Waals surface area contributed by atoms with Gasteiger partial charge in [0.15, 0.2) is 0 Å². The average molecular weight is 343 g/mol. The second-order valence-corrected chi connectivity index (χ2v) is 5.22. The number of benzene rings is 2. The third-order valence-electron chi connectivity index (χ3n) is 3.17. The number of para-hydroxylation sites is 1. The molecule has 0 N–H and O–H groups in total. The molecule has 2 aromatic carbocycles. The van der Waals surface area contributed by atoms with Gasteiger partial charge in [-0.15, -0.1) is 12.4 Å². The smallest absolute Gasteiger partial charge is 0.221 e. The van der Waals surface area contributed by atoms with Crippen molar-refractivity contribution in [3.05, 3.63) is 72.8 Å². The zero-order valence-corrected chi connectivity index (χ0v) is 14.4. The predicted molar refractivity (Wildman–Crippen MR) is 98.8 cm³/mol. The topological polar surface area (TPSA) is 34.6 Å². The standard InChI is InChI=1S/C19H18N2O2.ClH/c1-21(2)18-12-7-13-19(20-18)23-17-11-6-10-16(14-17)22-15-8-4-3-5-9-15;/h3-14H,1-2H3;1H. The maximum Gasteiger partial charge on any atom is 0.221 e. The van der Waals surface area contributed by atoms with E-state index in [1.54, 1.807) is 0 Å². The van der Waals surface area contributed by atoms with E-state index >= 15 is 0 Å². The van der Waals surface area contributed by atoms with Crippen LogP contribution in [0.2, 0.25) is 0 Å². The van der Waals surface area contributed by atoms with E-state index in [9.17, 15) is 0 Å². The number of hydrogen-bond donors (Lipinski definition) is 0. The summed E-state index contributed by atoms with van der Waals surface area (Å²) in [6.07, 6.45) is 0. The van der Waals surface area contributed by atoms with Gasteiger partial charge in [-0.05, 0) is 30.3 Å². The number of halogens is 1. The molecule has 1 aromatic heterocycles. The molecular formula is C19H19ClN2O2. The molecule has 4 nitrogen and oxygen atoms in total. The monoisotopic (exact) mass is 342 g/mol. The minimum atomic E-state index is 0. The van der Waals surface area contributed by atoms with Crippen LogP contribution < -0.4 is 14.4 Å². The largest absolute Gasteiger partial charge is 0.457 e. The molecule has 0 aliphatic carbocycles. The van der Waals surface area contributed by atoms with Crippen molar-refractivity contribution < 1.29 is 9.47 Å². The van der Waals surface area contributed by atoms with Crippen LogP contribution in [0.25, 0.3) is 0 Å². The molecule has 0 spiro atoms. The Morgan fingerprint density at radius 1 is 0.708 bits per heavy atom. The highest BCUT2D eigenvalue weighted by Crippen LogP contribution is 2.28. The van der Waals surface area contributed by atoms with Gasteiger partial charge in [-0.2, -0.15) is 4.98 Å². The maximum absolute atomic E-state index is 5.83. The van der Waals surface area contributed by atoms with Crippen LogP contribution >= 0.6 is 12.4 Å². The average Bonchev–Trinajstić information content (AvgIpc) is 2.56. The Hall–Kier alpha value is -2.72. The number of pyridine rings is 1. The predicted octanol–water partition coefficient (Wildman–Crippen LogP) is 5.15. The summed E-state index contributed by atoms with van der Waals surface area (Å²) in [5, 5.41) is 0. The second kappa shape index (κ2) is 8.22. The number of hydrogen-bond acceptors (Lipinski definition) is 4. The Balaban J connectivity index is 0.00000208. The van der Waals surface area contributed by atoms with Crippen LogP contribution in [-0.4, -0.2) is 19.1 Å². The quantitative estimate of drug-likeness (QED) is 0.642. The molecule has 0 fully saturated rings. The summed E-state index contributed by atoms with van der Waals surface area (Å²) in [4.78, 5) is 6.38. The molecule has 3 rings (SSSR count). The molecule has 0 saturated carbocycles. The molecule has 0 bridgehead atoms. The first-order valence-electron chi connectivity index (χ1n) is 7.36. The number of aromatic nitrogens is 1. The molecule has 0 saturated heterocycles. The molecule has 0 amide bonds. The van der Waals surface area contributed by atoms with E-state index in [1.807, 2.05) is 91.8 Å². The fourth-order valence-corrected chi connectivity index (χ4v) is 2.06. The summed E-state index contributed by atoms with van der Waals surface area (Å²) in [6.45, 7) is 0. The first-order chi connectivity index (χ1) is 11.2. The van der Waals surface area contributed by atoms with Crippen molar-refractivity contribution in [1.82, 2.24) is 4.98 Å². The fraction of sp³-hybridized carbons (Fsp3) is 0.105. The summed E-state index contributed by atoms with van der Waals surface area (Å²) in [6, 6.07) is 22.8. The van der Waals surface area contributed by atoms with E-state index in [2.05, 4.69) is 4.98 Å². The Morgan fingerprint density at radius 2 is 1.33 bits per heavy atom. The van der Waals surface area contributed by atoms with Gasteiger partial charge in [0.25, 0.3) is 0 Å². The molecule has 0 radical (unpaired) electrons. The molecule has 0 aliphatic rings. The Kier molecular flexibility index (Phi) is 6.04. The lowest BCUT2D eigenvalue weighted by molar-refractivity contribution is 0.449. The second-order valence-electron chi connectivity index (χ2n) is 5.22.